The Bertz CT molecular complexity index is 130. The predicted octanol–water partition coefficient (Wildman–Crippen LogP) is 0.997. The molecule has 1 aliphatic heterocycles. The van der Waals surface area contributed by atoms with E-state index in [4.69, 9.17) is 5.90 Å². The van der Waals surface area contributed by atoms with Crippen LogP contribution in [0.4, 0.5) is 0 Å². The van der Waals surface area contributed by atoms with E-state index in [1.165, 1.54) is 25.8 Å². The van der Waals surface area contributed by atoms with Crippen molar-refractivity contribution in [3.63, 3.8) is 0 Å². The number of hydrogen-bond donors (Lipinski definition) is 1. The first-order chi connectivity index (χ1) is 5.75. The summed E-state index contributed by atoms with van der Waals surface area (Å²) in [4.78, 5) is 7.10. The van der Waals surface area contributed by atoms with Crippen LogP contribution in [-0.4, -0.2) is 31.1 Å². The van der Waals surface area contributed by atoms with E-state index in [2.05, 4.69) is 23.7 Å². The summed E-state index contributed by atoms with van der Waals surface area (Å²) in [5.74, 6) is 5.62. The molecule has 0 amide bonds. The lowest BCUT2D eigenvalue weighted by Crippen LogP contribution is -2.42. The highest BCUT2D eigenvalue weighted by Crippen LogP contribution is 2.21. The van der Waals surface area contributed by atoms with E-state index in [0.29, 0.717) is 18.6 Å². The molecule has 3 nitrogen and oxygen atoms in total. The average molecular weight is 172 g/mol. The van der Waals surface area contributed by atoms with Gasteiger partial charge in [-0.25, -0.2) is 5.90 Å². The number of hydrogen-bond acceptors (Lipinski definition) is 3. The summed E-state index contributed by atoms with van der Waals surface area (Å²) >= 11 is 0. The standard InChI is InChI=1S/C9H20N2O/c1-8(7-12-10)9-5-3-4-6-11(9)2/h8-9H,3-7,10H2,1-2H3. The van der Waals surface area contributed by atoms with Crippen LogP contribution < -0.4 is 5.90 Å². The van der Waals surface area contributed by atoms with Crippen LogP contribution in [0.25, 0.3) is 0 Å². The zero-order chi connectivity index (χ0) is 8.97. The first-order valence-corrected chi connectivity index (χ1v) is 4.77. The van der Waals surface area contributed by atoms with Gasteiger partial charge >= 0.3 is 0 Å². The first kappa shape index (κ1) is 9.96. The third kappa shape index (κ3) is 2.44. The molecular weight excluding hydrogens is 152 g/mol. The van der Waals surface area contributed by atoms with Gasteiger partial charge in [-0.15, -0.1) is 0 Å². The largest absolute Gasteiger partial charge is 0.304 e. The monoisotopic (exact) mass is 172 g/mol. The molecule has 1 saturated heterocycles. The van der Waals surface area contributed by atoms with Gasteiger partial charge in [0.2, 0.25) is 0 Å². The van der Waals surface area contributed by atoms with Gasteiger partial charge in [0, 0.05) is 6.04 Å². The highest BCUT2D eigenvalue weighted by atomic mass is 16.6. The Kier molecular flexibility index (Phi) is 3.98. The fourth-order valence-electron chi connectivity index (χ4n) is 2.08. The molecule has 12 heavy (non-hydrogen) atoms. The van der Waals surface area contributed by atoms with Crippen molar-refractivity contribution in [2.45, 2.75) is 32.2 Å². The van der Waals surface area contributed by atoms with Gasteiger partial charge in [0.05, 0.1) is 6.61 Å². The van der Waals surface area contributed by atoms with Crippen molar-refractivity contribution in [2.75, 3.05) is 20.2 Å². The predicted molar refractivity (Wildman–Crippen MR) is 49.6 cm³/mol. The average Bonchev–Trinajstić information content (AvgIpc) is 2.05. The van der Waals surface area contributed by atoms with Crippen molar-refractivity contribution in [3.8, 4) is 0 Å². The van der Waals surface area contributed by atoms with Crippen molar-refractivity contribution in [2.24, 2.45) is 11.8 Å². The van der Waals surface area contributed by atoms with E-state index in [1.807, 2.05) is 0 Å². The normalized spacial score (nSPS) is 28.8. The second-order valence-corrected chi connectivity index (χ2v) is 3.85. The van der Waals surface area contributed by atoms with Gasteiger partial charge < -0.3 is 9.74 Å². The van der Waals surface area contributed by atoms with Crippen LogP contribution in [0, 0.1) is 5.92 Å². The Morgan fingerprint density at radius 2 is 2.33 bits per heavy atom. The van der Waals surface area contributed by atoms with E-state index in [1.54, 1.807) is 0 Å². The minimum atomic E-state index is 0.556. The molecule has 0 aromatic rings. The van der Waals surface area contributed by atoms with E-state index in [0.717, 1.165) is 0 Å². The fraction of sp³-hybridized carbons (Fsp3) is 1.00. The van der Waals surface area contributed by atoms with Crippen LogP contribution in [-0.2, 0) is 4.84 Å². The van der Waals surface area contributed by atoms with Gasteiger partial charge in [-0.05, 0) is 32.4 Å². The maximum atomic E-state index is 5.06. The van der Waals surface area contributed by atoms with E-state index in [9.17, 15) is 0 Å². The van der Waals surface area contributed by atoms with Crippen molar-refractivity contribution < 1.29 is 4.84 Å². The van der Waals surface area contributed by atoms with Crippen LogP contribution in [0.3, 0.4) is 0 Å². The van der Waals surface area contributed by atoms with E-state index < -0.39 is 0 Å². The summed E-state index contributed by atoms with van der Waals surface area (Å²) in [6.07, 6.45) is 3.98. The van der Waals surface area contributed by atoms with E-state index in [-0.39, 0.29) is 0 Å². The second-order valence-electron chi connectivity index (χ2n) is 3.85. The molecule has 1 aliphatic rings. The van der Waals surface area contributed by atoms with Gasteiger partial charge in [0.1, 0.15) is 0 Å². The molecule has 0 aromatic carbocycles. The summed E-state index contributed by atoms with van der Waals surface area (Å²) in [6, 6.07) is 0.669. The minimum absolute atomic E-state index is 0.556. The molecule has 0 radical (unpaired) electrons. The Morgan fingerprint density at radius 3 is 2.92 bits per heavy atom. The molecule has 1 heterocycles. The summed E-state index contributed by atoms with van der Waals surface area (Å²) in [5.41, 5.74) is 0. The van der Waals surface area contributed by atoms with Gasteiger partial charge in [-0.1, -0.05) is 13.3 Å². The fourth-order valence-corrected chi connectivity index (χ4v) is 2.08. The van der Waals surface area contributed by atoms with Crippen LogP contribution in [0.1, 0.15) is 26.2 Å². The first-order valence-electron chi connectivity index (χ1n) is 4.77. The van der Waals surface area contributed by atoms with Crippen LogP contribution in [0.15, 0.2) is 0 Å². The van der Waals surface area contributed by atoms with Crippen molar-refractivity contribution in [3.05, 3.63) is 0 Å². The molecule has 2 atom stereocenters. The lowest BCUT2D eigenvalue weighted by atomic mass is 9.93. The molecule has 2 N–H and O–H groups in total. The summed E-state index contributed by atoms with van der Waals surface area (Å²) < 4.78 is 0. The van der Waals surface area contributed by atoms with Gasteiger partial charge in [0.15, 0.2) is 0 Å². The van der Waals surface area contributed by atoms with Gasteiger partial charge in [0.25, 0.3) is 0 Å². The Balaban J connectivity index is 2.36. The third-order valence-corrected chi connectivity index (χ3v) is 2.84. The van der Waals surface area contributed by atoms with Crippen LogP contribution >= 0.6 is 0 Å². The molecule has 0 bridgehead atoms. The van der Waals surface area contributed by atoms with Crippen molar-refractivity contribution in [1.82, 2.24) is 4.90 Å². The Hall–Kier alpha value is -0.120. The highest BCUT2D eigenvalue weighted by Gasteiger charge is 2.24. The topological polar surface area (TPSA) is 38.5 Å². The maximum Gasteiger partial charge on any atom is 0.0719 e. The van der Waals surface area contributed by atoms with Gasteiger partial charge in [-0.2, -0.15) is 0 Å². The summed E-state index contributed by atoms with van der Waals surface area (Å²) in [7, 11) is 2.19. The molecule has 2 unspecified atom stereocenters. The molecule has 1 fully saturated rings. The quantitative estimate of drug-likeness (QED) is 0.645. The molecule has 0 saturated carbocycles. The molecule has 0 aliphatic carbocycles. The molecule has 3 heteroatoms. The molecule has 0 aromatic heterocycles. The SMILES string of the molecule is CC(CON)C1CCCCN1C. The van der Waals surface area contributed by atoms with Crippen LogP contribution in [0.2, 0.25) is 0 Å². The molecule has 1 rings (SSSR count). The minimum Gasteiger partial charge on any atom is -0.304 e. The zero-order valence-electron chi connectivity index (χ0n) is 8.12. The molecule has 0 spiro atoms. The Labute approximate surface area is 74.8 Å². The number of likely N-dealkylation sites (tertiary alicyclic amines) is 1. The molecule has 72 valence electrons. The number of nitrogens with two attached hydrogens (primary N) is 1. The van der Waals surface area contributed by atoms with Crippen molar-refractivity contribution in [1.29, 1.82) is 0 Å². The summed E-state index contributed by atoms with van der Waals surface area (Å²) in [6.45, 7) is 4.11. The number of rotatable bonds is 3. The molecular formula is C9H20N2O. The number of piperidine rings is 1. The smallest absolute Gasteiger partial charge is 0.0719 e. The highest BCUT2D eigenvalue weighted by molar-refractivity contribution is 4.78. The lowest BCUT2D eigenvalue weighted by molar-refractivity contribution is 0.0501. The van der Waals surface area contributed by atoms with E-state index >= 15 is 0 Å². The summed E-state index contributed by atoms with van der Waals surface area (Å²) in [5, 5.41) is 0. The maximum absolute atomic E-state index is 5.06. The van der Waals surface area contributed by atoms with Crippen molar-refractivity contribution >= 4 is 0 Å². The second kappa shape index (κ2) is 4.80. The van der Waals surface area contributed by atoms with Crippen LogP contribution in [0.5, 0.6) is 0 Å². The Morgan fingerprint density at radius 1 is 1.58 bits per heavy atom. The lowest BCUT2D eigenvalue weighted by Gasteiger charge is -2.36. The third-order valence-electron chi connectivity index (χ3n) is 2.84. The zero-order valence-corrected chi connectivity index (χ0v) is 8.12. The number of nitrogens with zero attached hydrogens (tertiary/aromatic N) is 1. The van der Waals surface area contributed by atoms with Gasteiger partial charge in [-0.3, -0.25) is 0 Å².